The van der Waals surface area contributed by atoms with Gasteiger partial charge in [-0.1, -0.05) is 23.3 Å². The molecule has 5 heteroatoms. The molecule has 3 atom stereocenters. The van der Waals surface area contributed by atoms with E-state index >= 15 is 0 Å². The van der Waals surface area contributed by atoms with Gasteiger partial charge in [0.2, 0.25) is 0 Å². The SMILES string of the molecule is COC[C@@H]1CC(CC(=O)OC)CC/C=C(\C)CC/C=C(\C)CCC1C(=O)OC. The minimum absolute atomic E-state index is 0.0212. The second-order valence-corrected chi connectivity index (χ2v) is 7.98. The number of esters is 2. The molecule has 1 aliphatic rings. The number of hydrogen-bond acceptors (Lipinski definition) is 5. The molecule has 2 unspecified atom stereocenters. The van der Waals surface area contributed by atoms with E-state index in [1.165, 1.54) is 25.4 Å². The summed E-state index contributed by atoms with van der Waals surface area (Å²) in [4.78, 5) is 24.5. The van der Waals surface area contributed by atoms with Gasteiger partial charge in [-0.05, 0) is 70.6 Å². The molecule has 0 saturated heterocycles. The molecule has 0 bridgehead atoms. The predicted octanol–water partition coefficient (Wildman–Crippen LogP) is 4.85. The lowest BCUT2D eigenvalue weighted by Crippen LogP contribution is -2.30. The van der Waals surface area contributed by atoms with E-state index in [1.807, 2.05) is 0 Å². The lowest BCUT2D eigenvalue weighted by atomic mass is 9.79. The summed E-state index contributed by atoms with van der Waals surface area (Å²) < 4.78 is 15.5. The van der Waals surface area contributed by atoms with Crippen LogP contribution in [0, 0.1) is 17.8 Å². The van der Waals surface area contributed by atoms with E-state index in [1.54, 1.807) is 7.11 Å². The molecule has 0 aliphatic heterocycles. The Kier molecular flexibility index (Phi) is 11.8. The molecule has 1 rings (SSSR count). The van der Waals surface area contributed by atoms with Crippen molar-refractivity contribution in [2.45, 2.75) is 65.2 Å². The van der Waals surface area contributed by atoms with E-state index < -0.39 is 0 Å². The summed E-state index contributed by atoms with van der Waals surface area (Å²) in [7, 11) is 4.53. The Labute approximate surface area is 170 Å². The van der Waals surface area contributed by atoms with Gasteiger partial charge in [0.15, 0.2) is 0 Å². The fraction of sp³-hybridized carbons (Fsp3) is 0.739. The Hall–Kier alpha value is -1.62. The number of carbonyl (C=O) groups excluding carboxylic acids is 2. The monoisotopic (exact) mass is 394 g/mol. The highest BCUT2D eigenvalue weighted by Gasteiger charge is 2.31. The van der Waals surface area contributed by atoms with Crippen LogP contribution in [0.2, 0.25) is 0 Å². The molecule has 0 aromatic carbocycles. The Morgan fingerprint density at radius 2 is 1.64 bits per heavy atom. The number of methoxy groups -OCH3 is 3. The summed E-state index contributed by atoms with van der Waals surface area (Å²) in [6, 6.07) is 0. The highest BCUT2D eigenvalue weighted by atomic mass is 16.5. The van der Waals surface area contributed by atoms with Crippen molar-refractivity contribution >= 4 is 11.9 Å². The molecule has 1 aliphatic carbocycles. The van der Waals surface area contributed by atoms with Crippen LogP contribution in [-0.4, -0.2) is 39.9 Å². The summed E-state index contributed by atoms with van der Waals surface area (Å²) in [6.07, 6.45) is 11.2. The topological polar surface area (TPSA) is 61.8 Å². The maximum absolute atomic E-state index is 12.5. The minimum atomic E-state index is -0.228. The van der Waals surface area contributed by atoms with Gasteiger partial charge in [-0.15, -0.1) is 0 Å². The third-order valence-corrected chi connectivity index (χ3v) is 5.72. The first-order valence-corrected chi connectivity index (χ1v) is 10.4. The Bertz CT molecular complexity index is 549. The molecular weight excluding hydrogens is 356 g/mol. The summed E-state index contributed by atoms with van der Waals surface area (Å²) in [6.45, 7) is 4.78. The molecular formula is C23H38O5. The zero-order valence-corrected chi connectivity index (χ0v) is 18.3. The van der Waals surface area contributed by atoms with Crippen molar-refractivity contribution in [3.63, 3.8) is 0 Å². The smallest absolute Gasteiger partial charge is 0.309 e. The quantitative estimate of drug-likeness (QED) is 0.492. The Morgan fingerprint density at radius 3 is 2.29 bits per heavy atom. The number of ether oxygens (including phenoxy) is 3. The minimum Gasteiger partial charge on any atom is -0.469 e. The highest BCUT2D eigenvalue weighted by molar-refractivity contribution is 5.72. The van der Waals surface area contributed by atoms with Crippen LogP contribution in [0.3, 0.4) is 0 Å². The third kappa shape index (κ3) is 9.05. The second kappa shape index (κ2) is 13.5. The van der Waals surface area contributed by atoms with E-state index in [-0.39, 0.29) is 29.7 Å². The lowest BCUT2D eigenvalue weighted by molar-refractivity contribution is -0.149. The van der Waals surface area contributed by atoms with Crippen LogP contribution < -0.4 is 0 Å². The number of allylic oxidation sites excluding steroid dienone is 4. The van der Waals surface area contributed by atoms with Gasteiger partial charge in [-0.2, -0.15) is 0 Å². The first kappa shape index (κ1) is 24.4. The average molecular weight is 395 g/mol. The van der Waals surface area contributed by atoms with E-state index in [0.717, 1.165) is 44.9 Å². The normalized spacial score (nSPS) is 28.8. The Morgan fingerprint density at radius 1 is 0.964 bits per heavy atom. The first-order chi connectivity index (χ1) is 13.4. The van der Waals surface area contributed by atoms with Gasteiger partial charge in [0, 0.05) is 20.1 Å². The van der Waals surface area contributed by atoms with Crippen LogP contribution in [0.25, 0.3) is 0 Å². The molecule has 0 radical (unpaired) electrons. The van der Waals surface area contributed by atoms with E-state index in [0.29, 0.717) is 13.0 Å². The Balaban J connectivity index is 3.10. The van der Waals surface area contributed by atoms with Gasteiger partial charge in [0.05, 0.1) is 20.1 Å². The standard InChI is InChI=1S/C23H38O5/c1-17-8-6-9-18(2)12-13-21(23(25)28-5)20(16-26-3)14-19(11-7-10-17)15-22(24)27-4/h9-10,19-21H,6-8,11-16H2,1-5H3/b17-10+,18-9+/t19?,20-,21?/m0/s1. The van der Waals surface area contributed by atoms with Crippen molar-refractivity contribution in [1.82, 2.24) is 0 Å². The van der Waals surface area contributed by atoms with Crippen molar-refractivity contribution in [2.24, 2.45) is 17.8 Å². The fourth-order valence-electron chi connectivity index (χ4n) is 4.01. The second-order valence-electron chi connectivity index (χ2n) is 7.98. The maximum Gasteiger partial charge on any atom is 0.309 e. The molecule has 0 aromatic heterocycles. The molecule has 0 amide bonds. The molecule has 0 spiro atoms. The van der Waals surface area contributed by atoms with Crippen LogP contribution >= 0.6 is 0 Å². The van der Waals surface area contributed by atoms with Gasteiger partial charge in [-0.25, -0.2) is 0 Å². The number of carbonyl (C=O) groups is 2. The molecule has 0 aromatic rings. The van der Waals surface area contributed by atoms with E-state index in [9.17, 15) is 9.59 Å². The fourth-order valence-corrected chi connectivity index (χ4v) is 4.01. The number of hydrogen-bond donors (Lipinski definition) is 0. The molecule has 0 N–H and O–H groups in total. The highest BCUT2D eigenvalue weighted by Crippen LogP contribution is 2.31. The number of rotatable bonds is 5. The predicted molar refractivity (Wildman–Crippen MR) is 111 cm³/mol. The van der Waals surface area contributed by atoms with Crippen LogP contribution in [0.15, 0.2) is 23.3 Å². The zero-order chi connectivity index (χ0) is 20.9. The lowest BCUT2D eigenvalue weighted by Gasteiger charge is -2.28. The zero-order valence-electron chi connectivity index (χ0n) is 18.3. The van der Waals surface area contributed by atoms with Gasteiger partial charge in [0.25, 0.3) is 0 Å². The summed E-state index contributed by atoms with van der Waals surface area (Å²) in [5.74, 6) is -0.434. The first-order valence-electron chi connectivity index (χ1n) is 10.4. The van der Waals surface area contributed by atoms with Crippen molar-refractivity contribution < 1.29 is 23.8 Å². The van der Waals surface area contributed by atoms with Crippen molar-refractivity contribution in [1.29, 1.82) is 0 Å². The maximum atomic E-state index is 12.5. The van der Waals surface area contributed by atoms with Gasteiger partial charge < -0.3 is 14.2 Å². The molecule has 5 nitrogen and oxygen atoms in total. The molecule has 0 heterocycles. The average Bonchev–Trinajstić information content (AvgIpc) is 2.67. The van der Waals surface area contributed by atoms with E-state index in [4.69, 9.17) is 14.2 Å². The van der Waals surface area contributed by atoms with Crippen LogP contribution in [0.1, 0.15) is 65.2 Å². The molecule has 28 heavy (non-hydrogen) atoms. The third-order valence-electron chi connectivity index (χ3n) is 5.72. The summed E-state index contributed by atoms with van der Waals surface area (Å²) in [5, 5.41) is 0. The molecule has 160 valence electrons. The van der Waals surface area contributed by atoms with Gasteiger partial charge in [-0.3, -0.25) is 9.59 Å². The van der Waals surface area contributed by atoms with Gasteiger partial charge in [0.1, 0.15) is 0 Å². The van der Waals surface area contributed by atoms with Crippen molar-refractivity contribution in [2.75, 3.05) is 27.9 Å². The summed E-state index contributed by atoms with van der Waals surface area (Å²) >= 11 is 0. The molecule has 0 fully saturated rings. The van der Waals surface area contributed by atoms with Crippen LogP contribution in [-0.2, 0) is 23.8 Å². The largest absolute Gasteiger partial charge is 0.469 e. The van der Waals surface area contributed by atoms with E-state index in [2.05, 4.69) is 26.0 Å². The molecule has 0 saturated carbocycles. The summed E-state index contributed by atoms with van der Waals surface area (Å²) in [5.41, 5.74) is 2.69. The van der Waals surface area contributed by atoms with Crippen molar-refractivity contribution in [3.05, 3.63) is 23.3 Å². The van der Waals surface area contributed by atoms with Crippen LogP contribution in [0.5, 0.6) is 0 Å². The van der Waals surface area contributed by atoms with Gasteiger partial charge >= 0.3 is 11.9 Å². The van der Waals surface area contributed by atoms with Crippen molar-refractivity contribution in [3.8, 4) is 0 Å². The van der Waals surface area contributed by atoms with Crippen LogP contribution in [0.4, 0.5) is 0 Å².